The normalized spacial score (nSPS) is 53.8. The van der Waals surface area contributed by atoms with Gasteiger partial charge in [0.1, 0.15) is 54.2 Å². The van der Waals surface area contributed by atoms with Gasteiger partial charge in [-0.25, -0.2) is 0 Å². The summed E-state index contributed by atoms with van der Waals surface area (Å²) in [5.41, 5.74) is -1.04. The number of carboxylic acids is 1. The lowest BCUT2D eigenvalue weighted by Gasteiger charge is -2.71. The summed E-state index contributed by atoms with van der Waals surface area (Å²) in [7, 11) is 0. The van der Waals surface area contributed by atoms with Crippen LogP contribution < -0.4 is 0 Å². The molecule has 0 aromatic rings. The molecule has 2 aliphatic heterocycles. The highest BCUT2D eigenvalue weighted by molar-refractivity contribution is 5.77. The van der Waals surface area contributed by atoms with E-state index < -0.39 is 97.5 Å². The summed E-state index contributed by atoms with van der Waals surface area (Å²) >= 11 is 0. The van der Waals surface area contributed by atoms with Crippen LogP contribution in [0, 0.1) is 50.2 Å². The Kier molecular flexibility index (Phi) is 11.0. The summed E-state index contributed by atoms with van der Waals surface area (Å²) in [6.45, 7) is 14.6. The molecule has 0 amide bonds. The molecule has 5 aliphatic carbocycles. The minimum atomic E-state index is -1.75. The smallest absolute Gasteiger partial charge is 0.312 e. The van der Waals surface area contributed by atoms with Crippen molar-refractivity contribution in [3.63, 3.8) is 0 Å². The van der Waals surface area contributed by atoms with Gasteiger partial charge in [-0.15, -0.1) is 0 Å². The van der Waals surface area contributed by atoms with Crippen molar-refractivity contribution in [2.45, 2.75) is 180 Å². The molecule has 0 spiro atoms. The molecule has 19 atom stereocenters. The number of hydrogen-bond acceptors (Lipinski definition) is 13. The predicted molar refractivity (Wildman–Crippen MR) is 199 cm³/mol. The lowest BCUT2D eigenvalue weighted by molar-refractivity contribution is -0.368. The van der Waals surface area contributed by atoms with Crippen molar-refractivity contribution in [1.82, 2.24) is 0 Å². The number of ether oxygens (including phenoxy) is 4. The van der Waals surface area contributed by atoms with Crippen LogP contribution in [0.15, 0.2) is 11.6 Å². The molecule has 0 bridgehead atoms. The molecule has 56 heavy (non-hydrogen) atoms. The summed E-state index contributed by atoms with van der Waals surface area (Å²) in [5, 5.41) is 96.1. The van der Waals surface area contributed by atoms with E-state index in [0.717, 1.165) is 38.5 Å². The zero-order chi connectivity index (χ0) is 41.1. The number of aliphatic hydroxyl groups excluding tert-OH is 8. The molecule has 4 saturated carbocycles. The SMILES string of the molecule is CC1(C)CC[C@]2(C(=O)O)[C@H](O)C[C@]3(C)C(=CC[C@@H]4[C@@]5(C)CC[C@H](O[C@@H]6O[C@H](CO)[C@@H](O[C@@H]7O[C@H](CO)[C@@H](O)[C@H](O)[C@H]7O)[C@H](O)[C@H]6O)C(C)(C)[C@@H]5CC[C@]43C)[C@@H]2C1. The monoisotopic (exact) mass is 796 g/mol. The Hall–Kier alpha value is -1.27. The van der Waals surface area contributed by atoms with E-state index in [2.05, 4.69) is 54.5 Å². The van der Waals surface area contributed by atoms with Gasteiger partial charge in [0.2, 0.25) is 0 Å². The summed E-state index contributed by atoms with van der Waals surface area (Å²) < 4.78 is 23.8. The van der Waals surface area contributed by atoms with E-state index in [-0.39, 0.29) is 45.5 Å². The van der Waals surface area contributed by atoms with Crippen LogP contribution in [0.2, 0.25) is 0 Å². The van der Waals surface area contributed by atoms with Gasteiger partial charge in [0.05, 0.1) is 25.4 Å². The largest absolute Gasteiger partial charge is 0.481 e. The number of aliphatic hydroxyl groups is 8. The third kappa shape index (κ3) is 6.13. The maximum Gasteiger partial charge on any atom is 0.312 e. The fourth-order valence-corrected chi connectivity index (χ4v) is 13.8. The van der Waals surface area contributed by atoms with E-state index in [0.29, 0.717) is 19.3 Å². The molecular weight excluding hydrogens is 728 g/mol. The summed E-state index contributed by atoms with van der Waals surface area (Å²) in [5.74, 6) is -0.629. The molecule has 0 aromatic heterocycles. The highest BCUT2D eigenvalue weighted by Gasteiger charge is 2.71. The van der Waals surface area contributed by atoms with Gasteiger partial charge in [0.25, 0.3) is 0 Å². The Balaban J connectivity index is 1.10. The second kappa shape index (κ2) is 14.4. The number of fused-ring (bicyclic) bond motifs is 7. The van der Waals surface area contributed by atoms with Crippen LogP contribution in [0.5, 0.6) is 0 Å². The van der Waals surface area contributed by atoms with E-state index >= 15 is 0 Å². The highest BCUT2D eigenvalue weighted by Crippen LogP contribution is 2.76. The number of allylic oxidation sites excluding steroid dienone is 2. The average molecular weight is 797 g/mol. The Labute approximate surface area is 330 Å². The molecular formula is C42H68O14. The van der Waals surface area contributed by atoms with Crippen LogP contribution in [-0.2, 0) is 23.7 Å². The van der Waals surface area contributed by atoms with Crippen molar-refractivity contribution in [1.29, 1.82) is 0 Å². The van der Waals surface area contributed by atoms with Crippen molar-refractivity contribution in [2.75, 3.05) is 13.2 Å². The number of aliphatic carboxylic acids is 1. The molecule has 0 aromatic carbocycles. The van der Waals surface area contributed by atoms with Gasteiger partial charge in [0.15, 0.2) is 12.6 Å². The quantitative estimate of drug-likeness (QED) is 0.132. The lowest BCUT2D eigenvalue weighted by atomic mass is 9.33. The van der Waals surface area contributed by atoms with Crippen molar-refractivity contribution >= 4 is 5.97 Å². The summed E-state index contributed by atoms with van der Waals surface area (Å²) in [4.78, 5) is 13.1. The molecule has 0 radical (unpaired) electrons. The summed E-state index contributed by atoms with van der Waals surface area (Å²) in [6.07, 6.45) is -7.64. The molecule has 6 fully saturated rings. The maximum atomic E-state index is 13.1. The molecule has 0 unspecified atom stereocenters. The van der Waals surface area contributed by atoms with Crippen LogP contribution in [0.3, 0.4) is 0 Å². The van der Waals surface area contributed by atoms with Gasteiger partial charge in [-0.05, 0) is 103 Å². The Morgan fingerprint density at radius 3 is 2.00 bits per heavy atom. The highest BCUT2D eigenvalue weighted by atomic mass is 16.7. The number of carboxylic acid groups (broad SMARTS) is 1. The fraction of sp³-hybridized carbons (Fsp3) is 0.929. The summed E-state index contributed by atoms with van der Waals surface area (Å²) in [6, 6.07) is 0. The first kappa shape index (κ1) is 42.8. The topological polar surface area (TPSA) is 236 Å². The minimum Gasteiger partial charge on any atom is -0.481 e. The van der Waals surface area contributed by atoms with E-state index in [9.17, 15) is 50.8 Å². The van der Waals surface area contributed by atoms with Crippen LogP contribution in [0.1, 0.15) is 106 Å². The van der Waals surface area contributed by atoms with Gasteiger partial charge in [-0.2, -0.15) is 0 Å². The van der Waals surface area contributed by atoms with Crippen molar-refractivity contribution in [3.05, 3.63) is 11.6 Å². The molecule has 320 valence electrons. The fourth-order valence-electron chi connectivity index (χ4n) is 13.8. The minimum absolute atomic E-state index is 0.0205. The molecule has 2 saturated heterocycles. The molecule has 7 aliphatic rings. The Bertz CT molecular complexity index is 1520. The Morgan fingerprint density at radius 2 is 1.36 bits per heavy atom. The van der Waals surface area contributed by atoms with E-state index in [4.69, 9.17) is 18.9 Å². The van der Waals surface area contributed by atoms with E-state index in [1.165, 1.54) is 5.57 Å². The van der Waals surface area contributed by atoms with E-state index in [1.807, 2.05) is 0 Å². The van der Waals surface area contributed by atoms with Gasteiger partial charge in [-0.3, -0.25) is 4.79 Å². The Morgan fingerprint density at radius 1 is 0.732 bits per heavy atom. The third-order valence-electron chi connectivity index (χ3n) is 17.3. The van der Waals surface area contributed by atoms with E-state index in [1.54, 1.807) is 0 Å². The molecule has 7 rings (SSSR count). The molecule has 14 nitrogen and oxygen atoms in total. The zero-order valence-corrected chi connectivity index (χ0v) is 34.1. The van der Waals surface area contributed by atoms with Crippen molar-refractivity contribution in [3.8, 4) is 0 Å². The average Bonchev–Trinajstić information content (AvgIpc) is 3.12. The second-order valence-corrected chi connectivity index (χ2v) is 20.8. The lowest BCUT2D eigenvalue weighted by Crippen LogP contribution is -2.68. The first-order valence-electron chi connectivity index (χ1n) is 20.9. The van der Waals surface area contributed by atoms with Crippen LogP contribution in [-0.4, -0.2) is 139 Å². The number of hydrogen-bond donors (Lipinski definition) is 9. The van der Waals surface area contributed by atoms with Gasteiger partial charge >= 0.3 is 5.97 Å². The van der Waals surface area contributed by atoms with Crippen LogP contribution >= 0.6 is 0 Å². The number of carbonyl (C=O) groups is 1. The molecule has 2 heterocycles. The second-order valence-electron chi connectivity index (χ2n) is 20.8. The third-order valence-corrected chi connectivity index (χ3v) is 17.3. The molecule has 9 N–H and O–H groups in total. The van der Waals surface area contributed by atoms with Crippen LogP contribution in [0.4, 0.5) is 0 Å². The first-order valence-corrected chi connectivity index (χ1v) is 20.9. The van der Waals surface area contributed by atoms with Crippen molar-refractivity contribution < 1.29 is 69.7 Å². The van der Waals surface area contributed by atoms with Gasteiger partial charge in [-0.1, -0.05) is 60.1 Å². The standard InChI is InChI=1S/C42H68O14/c1-37(2)14-15-42(36(51)52)21(16-37)20-8-9-25-39(5)12-11-27(38(3,4)24(39)10-13-40(25,6)41(20,7)17-26(42)45)55-34-32(50)30(48)33(23(19-44)54-34)56-35-31(49)29(47)28(46)22(18-43)53-35/h8,21-35,43-50H,9-19H2,1-7H3,(H,51,52)/t21-,22+,23+,24-,25+,26+,27-,28+,29-,30+,31+,32+,33+,34-,35-,39-,40+,41+,42+/m0/s1. The van der Waals surface area contributed by atoms with Crippen LogP contribution in [0.25, 0.3) is 0 Å². The molecule has 14 heteroatoms. The predicted octanol–water partition coefficient (Wildman–Crippen LogP) is 1.85. The first-order chi connectivity index (χ1) is 26.0. The zero-order valence-electron chi connectivity index (χ0n) is 34.1. The van der Waals surface area contributed by atoms with Gasteiger partial charge < -0.3 is 64.9 Å². The van der Waals surface area contributed by atoms with Crippen molar-refractivity contribution in [2.24, 2.45) is 50.2 Å². The maximum absolute atomic E-state index is 13.1. The van der Waals surface area contributed by atoms with Gasteiger partial charge in [0, 0.05) is 0 Å². The number of rotatable bonds is 7.